The second kappa shape index (κ2) is 8.43. The molecule has 0 amide bonds. The van der Waals surface area contributed by atoms with Crippen LogP contribution in [0.3, 0.4) is 0 Å². The summed E-state index contributed by atoms with van der Waals surface area (Å²) < 4.78 is 21.0. The van der Waals surface area contributed by atoms with Crippen LogP contribution in [0.5, 0.6) is 11.5 Å². The van der Waals surface area contributed by atoms with E-state index in [0.717, 1.165) is 0 Å². The molecule has 112 valence electrons. The van der Waals surface area contributed by atoms with Crippen LogP contribution in [0.2, 0.25) is 0 Å². The second-order valence-electron chi connectivity index (χ2n) is 4.35. The van der Waals surface area contributed by atoms with Crippen LogP contribution in [0, 0.1) is 0 Å². The van der Waals surface area contributed by atoms with Gasteiger partial charge in [-0.15, -0.1) is 0 Å². The first-order valence-corrected chi connectivity index (χ1v) is 6.68. The minimum atomic E-state index is -0.404. The van der Waals surface area contributed by atoms with E-state index >= 15 is 0 Å². The van der Waals surface area contributed by atoms with Gasteiger partial charge in [0.2, 0.25) is 0 Å². The minimum Gasteiger partial charge on any atom is -0.493 e. The Bertz CT molecular complexity index is 428. The Morgan fingerprint density at radius 2 is 1.95 bits per heavy atom. The molecule has 0 radical (unpaired) electrons. The van der Waals surface area contributed by atoms with Gasteiger partial charge in [-0.25, -0.2) is 4.79 Å². The zero-order valence-corrected chi connectivity index (χ0v) is 12.5. The largest absolute Gasteiger partial charge is 0.493 e. The molecule has 0 atom stereocenters. The Labute approximate surface area is 119 Å². The van der Waals surface area contributed by atoms with Gasteiger partial charge in [-0.2, -0.15) is 0 Å². The van der Waals surface area contributed by atoms with E-state index in [9.17, 15) is 4.79 Å². The normalized spacial score (nSPS) is 10.4. The molecule has 5 heteroatoms. The van der Waals surface area contributed by atoms with E-state index in [1.54, 1.807) is 18.2 Å². The highest BCUT2D eigenvalue weighted by molar-refractivity contribution is 5.90. The lowest BCUT2D eigenvalue weighted by atomic mass is 10.2. The molecule has 0 saturated carbocycles. The molecule has 0 bridgehead atoms. The highest BCUT2D eigenvalue weighted by Gasteiger charge is 2.12. The predicted molar refractivity (Wildman–Crippen MR) is 75.5 cm³/mol. The highest BCUT2D eigenvalue weighted by Crippen LogP contribution is 2.28. The van der Waals surface area contributed by atoms with Crippen LogP contribution in [0.4, 0.5) is 0 Å². The molecular formula is C15H22O5. The van der Waals surface area contributed by atoms with Crippen molar-refractivity contribution in [1.82, 2.24) is 0 Å². The molecule has 0 heterocycles. The fourth-order valence-electron chi connectivity index (χ4n) is 1.57. The van der Waals surface area contributed by atoms with Crippen molar-refractivity contribution >= 4 is 5.97 Å². The lowest BCUT2D eigenvalue weighted by Crippen LogP contribution is -2.13. The van der Waals surface area contributed by atoms with E-state index in [-0.39, 0.29) is 12.7 Å². The molecule has 0 N–H and O–H groups in total. The summed E-state index contributed by atoms with van der Waals surface area (Å²) in [5.41, 5.74) is 0.426. The van der Waals surface area contributed by atoms with E-state index in [2.05, 4.69) is 0 Å². The van der Waals surface area contributed by atoms with E-state index in [1.165, 1.54) is 7.11 Å². The van der Waals surface area contributed by atoms with Crippen molar-refractivity contribution in [1.29, 1.82) is 0 Å². The lowest BCUT2D eigenvalue weighted by Gasteiger charge is -2.11. The van der Waals surface area contributed by atoms with Crippen molar-refractivity contribution in [2.75, 3.05) is 26.9 Å². The van der Waals surface area contributed by atoms with E-state index in [0.29, 0.717) is 30.3 Å². The number of benzene rings is 1. The summed E-state index contributed by atoms with van der Waals surface area (Å²) in [6.07, 6.45) is 0.124. The molecule has 0 aliphatic heterocycles. The lowest BCUT2D eigenvalue weighted by molar-refractivity contribution is 0.0176. The standard InChI is InChI=1S/C15H22O5/c1-5-18-13-7-6-12(10-14(13)17-4)15(16)20-9-8-19-11(2)3/h6-7,10-11H,5,8-9H2,1-4H3. The van der Waals surface area contributed by atoms with Crippen LogP contribution >= 0.6 is 0 Å². The number of esters is 1. The quantitative estimate of drug-likeness (QED) is 0.542. The predicted octanol–water partition coefficient (Wildman–Crippen LogP) is 2.68. The Morgan fingerprint density at radius 1 is 1.20 bits per heavy atom. The van der Waals surface area contributed by atoms with Gasteiger partial charge in [0.15, 0.2) is 11.5 Å². The van der Waals surface area contributed by atoms with Gasteiger partial charge in [-0.05, 0) is 39.0 Å². The zero-order valence-electron chi connectivity index (χ0n) is 12.5. The average Bonchev–Trinajstić information content (AvgIpc) is 2.43. The molecule has 0 spiro atoms. The first-order valence-electron chi connectivity index (χ1n) is 6.68. The Balaban J connectivity index is 2.59. The summed E-state index contributed by atoms with van der Waals surface area (Å²) in [6.45, 7) is 6.89. The van der Waals surface area contributed by atoms with E-state index in [1.807, 2.05) is 20.8 Å². The van der Waals surface area contributed by atoms with Gasteiger partial charge in [0.05, 0.1) is 32.0 Å². The van der Waals surface area contributed by atoms with Crippen molar-refractivity contribution in [3.05, 3.63) is 23.8 Å². The Morgan fingerprint density at radius 3 is 2.55 bits per heavy atom. The summed E-state index contributed by atoms with van der Waals surface area (Å²) in [5, 5.41) is 0. The van der Waals surface area contributed by atoms with Crippen molar-refractivity contribution in [2.45, 2.75) is 26.9 Å². The third-order valence-electron chi connectivity index (χ3n) is 2.47. The highest BCUT2D eigenvalue weighted by atomic mass is 16.6. The SMILES string of the molecule is CCOc1ccc(C(=O)OCCOC(C)C)cc1OC. The van der Waals surface area contributed by atoms with Gasteiger partial charge in [-0.3, -0.25) is 0 Å². The van der Waals surface area contributed by atoms with Crippen LogP contribution in [-0.4, -0.2) is 39.0 Å². The van der Waals surface area contributed by atoms with Crippen molar-refractivity contribution in [2.24, 2.45) is 0 Å². The molecule has 0 aromatic heterocycles. The number of ether oxygens (including phenoxy) is 4. The third-order valence-corrected chi connectivity index (χ3v) is 2.47. The molecule has 0 unspecified atom stereocenters. The number of methoxy groups -OCH3 is 1. The molecule has 20 heavy (non-hydrogen) atoms. The monoisotopic (exact) mass is 282 g/mol. The van der Waals surface area contributed by atoms with Gasteiger partial charge in [0, 0.05) is 0 Å². The van der Waals surface area contributed by atoms with Crippen LogP contribution < -0.4 is 9.47 Å². The molecule has 1 aromatic rings. The second-order valence-corrected chi connectivity index (χ2v) is 4.35. The average molecular weight is 282 g/mol. The Hall–Kier alpha value is -1.75. The van der Waals surface area contributed by atoms with E-state index < -0.39 is 5.97 Å². The van der Waals surface area contributed by atoms with Gasteiger partial charge >= 0.3 is 5.97 Å². The van der Waals surface area contributed by atoms with Crippen molar-refractivity contribution in [3.63, 3.8) is 0 Å². The van der Waals surface area contributed by atoms with Gasteiger partial charge in [0.25, 0.3) is 0 Å². The molecule has 0 saturated heterocycles. The van der Waals surface area contributed by atoms with Crippen LogP contribution in [0.15, 0.2) is 18.2 Å². The zero-order chi connectivity index (χ0) is 15.0. The molecule has 1 rings (SSSR count). The fourth-order valence-corrected chi connectivity index (χ4v) is 1.57. The maximum atomic E-state index is 11.9. The minimum absolute atomic E-state index is 0.124. The molecule has 0 fully saturated rings. The fraction of sp³-hybridized carbons (Fsp3) is 0.533. The number of carbonyl (C=O) groups excluding carboxylic acids is 1. The number of carbonyl (C=O) groups is 1. The first kappa shape index (κ1) is 16.3. The summed E-state index contributed by atoms with van der Waals surface area (Å²) in [4.78, 5) is 11.9. The maximum absolute atomic E-state index is 11.9. The molecular weight excluding hydrogens is 260 g/mol. The topological polar surface area (TPSA) is 54.0 Å². The van der Waals surface area contributed by atoms with Gasteiger partial charge in [0.1, 0.15) is 6.61 Å². The van der Waals surface area contributed by atoms with Crippen molar-refractivity contribution in [3.8, 4) is 11.5 Å². The van der Waals surface area contributed by atoms with Gasteiger partial charge < -0.3 is 18.9 Å². The first-order chi connectivity index (χ1) is 9.58. The van der Waals surface area contributed by atoms with E-state index in [4.69, 9.17) is 18.9 Å². The number of hydrogen-bond donors (Lipinski definition) is 0. The number of rotatable bonds is 8. The molecule has 0 aliphatic rings. The summed E-state index contributed by atoms with van der Waals surface area (Å²) >= 11 is 0. The van der Waals surface area contributed by atoms with Crippen LogP contribution in [0.25, 0.3) is 0 Å². The van der Waals surface area contributed by atoms with Crippen molar-refractivity contribution < 1.29 is 23.7 Å². The summed E-state index contributed by atoms with van der Waals surface area (Å²) in [6, 6.07) is 4.96. The number of hydrogen-bond acceptors (Lipinski definition) is 5. The summed E-state index contributed by atoms with van der Waals surface area (Å²) in [5.74, 6) is 0.716. The summed E-state index contributed by atoms with van der Waals surface area (Å²) in [7, 11) is 1.53. The smallest absolute Gasteiger partial charge is 0.338 e. The molecule has 5 nitrogen and oxygen atoms in total. The maximum Gasteiger partial charge on any atom is 0.338 e. The molecule has 1 aromatic carbocycles. The molecule has 0 aliphatic carbocycles. The van der Waals surface area contributed by atoms with Crippen LogP contribution in [0.1, 0.15) is 31.1 Å². The van der Waals surface area contributed by atoms with Gasteiger partial charge in [-0.1, -0.05) is 0 Å². The Kier molecular flexibility index (Phi) is 6.87. The third kappa shape index (κ3) is 5.09. The van der Waals surface area contributed by atoms with Crippen LogP contribution in [-0.2, 0) is 9.47 Å².